The van der Waals surface area contributed by atoms with E-state index in [4.69, 9.17) is 14.2 Å². The van der Waals surface area contributed by atoms with Gasteiger partial charge in [-0.15, -0.1) is 0 Å². The second-order valence-corrected chi connectivity index (χ2v) is 4.16. The van der Waals surface area contributed by atoms with Crippen molar-refractivity contribution in [1.29, 1.82) is 0 Å². The van der Waals surface area contributed by atoms with Crippen molar-refractivity contribution in [2.75, 3.05) is 34.4 Å². The zero-order valence-corrected chi connectivity index (χ0v) is 11.9. The second kappa shape index (κ2) is 7.63. The molecule has 1 N–H and O–H groups in total. The zero-order chi connectivity index (χ0) is 14.3. The number of Topliss-reactive ketones (excluding diaryl/α,β-unsaturated/α-hetero) is 1. The van der Waals surface area contributed by atoms with E-state index in [2.05, 4.69) is 5.32 Å². The fourth-order valence-electron chi connectivity index (χ4n) is 1.78. The van der Waals surface area contributed by atoms with Gasteiger partial charge in [0.25, 0.3) is 0 Å². The first-order valence-electron chi connectivity index (χ1n) is 6.11. The van der Waals surface area contributed by atoms with Crippen molar-refractivity contribution < 1.29 is 19.0 Å². The molecule has 0 aliphatic carbocycles. The fourth-order valence-corrected chi connectivity index (χ4v) is 1.78. The maximum absolute atomic E-state index is 10.8. The highest BCUT2D eigenvalue weighted by Crippen LogP contribution is 2.38. The first-order chi connectivity index (χ1) is 9.12. The van der Waals surface area contributed by atoms with Gasteiger partial charge in [0.15, 0.2) is 11.5 Å². The fraction of sp³-hybridized carbons (Fsp3) is 0.500. The topological polar surface area (TPSA) is 56.8 Å². The molecule has 106 valence electrons. The third-order valence-corrected chi connectivity index (χ3v) is 2.69. The summed E-state index contributed by atoms with van der Waals surface area (Å²) in [6.07, 6.45) is 0.782. The predicted molar refractivity (Wildman–Crippen MR) is 73.4 cm³/mol. The van der Waals surface area contributed by atoms with Crippen LogP contribution in [0, 0.1) is 0 Å². The molecule has 1 aromatic carbocycles. The largest absolute Gasteiger partial charge is 0.493 e. The molecule has 0 aromatic heterocycles. The SMILES string of the molecule is COc1cc(CCNCC(C)=O)cc(OC)c1OC. The number of methoxy groups -OCH3 is 3. The van der Waals surface area contributed by atoms with Crippen LogP contribution in [0.1, 0.15) is 12.5 Å². The van der Waals surface area contributed by atoms with Crippen molar-refractivity contribution in [2.45, 2.75) is 13.3 Å². The highest BCUT2D eigenvalue weighted by atomic mass is 16.5. The standard InChI is InChI=1S/C14H21NO4/c1-10(16)9-15-6-5-11-7-12(17-2)14(19-4)13(8-11)18-3/h7-8,15H,5-6,9H2,1-4H3. The maximum Gasteiger partial charge on any atom is 0.203 e. The number of rotatable bonds is 8. The summed E-state index contributed by atoms with van der Waals surface area (Å²) in [5, 5.41) is 3.07. The molecule has 19 heavy (non-hydrogen) atoms. The van der Waals surface area contributed by atoms with E-state index < -0.39 is 0 Å². The van der Waals surface area contributed by atoms with Crippen molar-refractivity contribution >= 4 is 5.78 Å². The molecule has 5 nitrogen and oxygen atoms in total. The van der Waals surface area contributed by atoms with Gasteiger partial charge in [-0.3, -0.25) is 4.79 Å². The molecule has 5 heteroatoms. The van der Waals surface area contributed by atoms with Crippen LogP contribution in [0.15, 0.2) is 12.1 Å². The van der Waals surface area contributed by atoms with Crippen LogP contribution < -0.4 is 19.5 Å². The first kappa shape index (κ1) is 15.3. The van der Waals surface area contributed by atoms with Gasteiger partial charge in [0, 0.05) is 0 Å². The lowest BCUT2D eigenvalue weighted by molar-refractivity contribution is -0.116. The van der Waals surface area contributed by atoms with Gasteiger partial charge in [-0.05, 0) is 37.6 Å². The molecule has 1 rings (SSSR count). The average Bonchev–Trinajstić information content (AvgIpc) is 2.42. The Labute approximate surface area is 113 Å². The number of carbonyl (C=O) groups excluding carboxylic acids is 1. The molecule has 0 amide bonds. The number of carbonyl (C=O) groups is 1. The number of ether oxygens (including phenoxy) is 3. The highest BCUT2D eigenvalue weighted by molar-refractivity contribution is 5.77. The van der Waals surface area contributed by atoms with Crippen molar-refractivity contribution in [1.82, 2.24) is 5.32 Å². The highest BCUT2D eigenvalue weighted by Gasteiger charge is 2.12. The predicted octanol–water partition coefficient (Wildman–Crippen LogP) is 1.43. The Bertz CT molecular complexity index is 406. The van der Waals surface area contributed by atoms with Crippen LogP contribution in [0.5, 0.6) is 17.2 Å². The van der Waals surface area contributed by atoms with E-state index in [0.29, 0.717) is 23.8 Å². The van der Waals surface area contributed by atoms with Crippen LogP contribution in [-0.4, -0.2) is 40.2 Å². The van der Waals surface area contributed by atoms with Crippen LogP contribution in [0.25, 0.3) is 0 Å². The number of nitrogens with one attached hydrogen (secondary N) is 1. The average molecular weight is 267 g/mol. The summed E-state index contributed by atoms with van der Waals surface area (Å²) in [4.78, 5) is 10.8. The quantitative estimate of drug-likeness (QED) is 0.722. The van der Waals surface area contributed by atoms with E-state index in [1.165, 1.54) is 0 Å². The summed E-state index contributed by atoms with van der Waals surface area (Å²) >= 11 is 0. The Hall–Kier alpha value is -1.75. The Kier molecular flexibility index (Phi) is 6.15. The van der Waals surface area contributed by atoms with Crippen molar-refractivity contribution in [3.05, 3.63) is 17.7 Å². The van der Waals surface area contributed by atoms with Crippen LogP contribution in [0.4, 0.5) is 0 Å². The molecule has 0 fully saturated rings. The van der Waals surface area contributed by atoms with E-state index in [1.54, 1.807) is 28.3 Å². The monoisotopic (exact) mass is 267 g/mol. The van der Waals surface area contributed by atoms with Crippen molar-refractivity contribution in [2.24, 2.45) is 0 Å². The van der Waals surface area contributed by atoms with Crippen LogP contribution in [0.2, 0.25) is 0 Å². The van der Waals surface area contributed by atoms with E-state index in [1.807, 2.05) is 12.1 Å². The molecule has 0 atom stereocenters. The summed E-state index contributed by atoms with van der Waals surface area (Å²) < 4.78 is 15.8. The van der Waals surface area contributed by atoms with Gasteiger partial charge in [0.05, 0.1) is 27.9 Å². The maximum atomic E-state index is 10.8. The van der Waals surface area contributed by atoms with Gasteiger partial charge in [-0.1, -0.05) is 0 Å². The normalized spacial score (nSPS) is 10.1. The molecule has 0 saturated heterocycles. The Morgan fingerprint density at radius 1 is 1.11 bits per heavy atom. The summed E-state index contributed by atoms with van der Waals surface area (Å²) in [7, 11) is 4.76. The zero-order valence-electron chi connectivity index (χ0n) is 11.9. The summed E-state index contributed by atoms with van der Waals surface area (Å²) in [6, 6.07) is 3.83. The number of hydrogen-bond acceptors (Lipinski definition) is 5. The minimum atomic E-state index is 0.130. The van der Waals surface area contributed by atoms with Gasteiger partial charge >= 0.3 is 0 Å². The molecule has 0 unspecified atom stereocenters. The molecule has 0 radical (unpaired) electrons. The van der Waals surface area contributed by atoms with Gasteiger partial charge in [0.1, 0.15) is 5.78 Å². The first-order valence-corrected chi connectivity index (χ1v) is 6.11. The van der Waals surface area contributed by atoms with Gasteiger partial charge in [-0.2, -0.15) is 0 Å². The molecule has 0 heterocycles. The Morgan fingerprint density at radius 2 is 1.68 bits per heavy atom. The lowest BCUT2D eigenvalue weighted by Crippen LogP contribution is -2.23. The van der Waals surface area contributed by atoms with E-state index in [0.717, 1.165) is 18.5 Å². The lowest BCUT2D eigenvalue weighted by Gasteiger charge is -2.14. The minimum absolute atomic E-state index is 0.130. The minimum Gasteiger partial charge on any atom is -0.493 e. The van der Waals surface area contributed by atoms with E-state index >= 15 is 0 Å². The van der Waals surface area contributed by atoms with Crippen molar-refractivity contribution in [3.8, 4) is 17.2 Å². The molecule has 0 spiro atoms. The smallest absolute Gasteiger partial charge is 0.203 e. The summed E-state index contributed by atoms with van der Waals surface area (Å²) in [5.41, 5.74) is 1.06. The molecule has 1 aromatic rings. The Morgan fingerprint density at radius 3 is 2.11 bits per heavy atom. The molecule has 0 aliphatic rings. The van der Waals surface area contributed by atoms with Crippen LogP contribution in [0.3, 0.4) is 0 Å². The Balaban J connectivity index is 2.76. The lowest BCUT2D eigenvalue weighted by atomic mass is 10.1. The van der Waals surface area contributed by atoms with Gasteiger partial charge < -0.3 is 19.5 Å². The van der Waals surface area contributed by atoms with Crippen molar-refractivity contribution in [3.63, 3.8) is 0 Å². The van der Waals surface area contributed by atoms with E-state index in [-0.39, 0.29) is 5.78 Å². The van der Waals surface area contributed by atoms with Gasteiger partial charge in [-0.25, -0.2) is 0 Å². The number of hydrogen-bond donors (Lipinski definition) is 1. The van der Waals surface area contributed by atoms with Crippen LogP contribution in [-0.2, 0) is 11.2 Å². The summed E-state index contributed by atoms with van der Waals surface area (Å²) in [5.74, 6) is 2.00. The third kappa shape index (κ3) is 4.44. The molecule has 0 saturated carbocycles. The molecular formula is C14H21NO4. The third-order valence-electron chi connectivity index (χ3n) is 2.69. The molecular weight excluding hydrogens is 246 g/mol. The summed E-state index contributed by atoms with van der Waals surface area (Å²) in [6.45, 7) is 2.68. The number of ketones is 1. The second-order valence-electron chi connectivity index (χ2n) is 4.16. The van der Waals surface area contributed by atoms with Crippen LogP contribution >= 0.6 is 0 Å². The van der Waals surface area contributed by atoms with E-state index in [9.17, 15) is 4.79 Å². The van der Waals surface area contributed by atoms with Gasteiger partial charge in [0.2, 0.25) is 5.75 Å². The molecule has 0 aliphatic heterocycles. The number of benzene rings is 1. The molecule has 0 bridgehead atoms.